The van der Waals surface area contributed by atoms with Crippen molar-refractivity contribution >= 4 is 21.6 Å². The maximum Gasteiger partial charge on any atom is 0.253 e. The Labute approximate surface area is 195 Å². The van der Waals surface area contributed by atoms with Gasteiger partial charge in [-0.05, 0) is 50.1 Å². The summed E-state index contributed by atoms with van der Waals surface area (Å²) in [6.07, 6.45) is 5.82. The van der Waals surface area contributed by atoms with Crippen molar-refractivity contribution in [3.05, 3.63) is 65.3 Å². The maximum atomic E-state index is 13.3. The van der Waals surface area contributed by atoms with Crippen molar-refractivity contribution in [2.75, 3.05) is 31.6 Å². The molecule has 2 aliphatic heterocycles. The largest absolute Gasteiger partial charge is 0.493 e. The number of ether oxygens (including phenoxy) is 1. The van der Waals surface area contributed by atoms with Crippen LogP contribution >= 0.6 is 0 Å². The lowest BCUT2D eigenvalue weighted by molar-refractivity contribution is 0.0709. The van der Waals surface area contributed by atoms with Crippen LogP contribution in [0.15, 0.2) is 54.2 Å². The zero-order chi connectivity index (χ0) is 23.6. The van der Waals surface area contributed by atoms with Crippen molar-refractivity contribution < 1.29 is 17.9 Å². The van der Waals surface area contributed by atoms with Crippen molar-refractivity contribution in [1.29, 1.82) is 0 Å². The van der Waals surface area contributed by atoms with E-state index in [1.165, 1.54) is 6.92 Å². The lowest BCUT2D eigenvalue weighted by Gasteiger charge is -2.38. The highest BCUT2D eigenvalue weighted by atomic mass is 32.2. The van der Waals surface area contributed by atoms with Gasteiger partial charge in [-0.1, -0.05) is 6.58 Å². The molecular formula is C24H30N4O4S. The fraction of sp³-hybridized carbons (Fsp3) is 0.417. The number of nitrogens with zero attached hydrogens (tertiary/aromatic N) is 3. The van der Waals surface area contributed by atoms with Crippen molar-refractivity contribution in [1.82, 2.24) is 14.6 Å². The quantitative estimate of drug-likeness (QED) is 0.698. The van der Waals surface area contributed by atoms with Crippen LogP contribution in [0.25, 0.3) is 0 Å². The minimum absolute atomic E-state index is 0.0561. The second-order valence-corrected chi connectivity index (χ2v) is 10.5. The summed E-state index contributed by atoms with van der Waals surface area (Å²) < 4.78 is 33.1. The van der Waals surface area contributed by atoms with Gasteiger partial charge in [0.05, 0.1) is 12.6 Å². The Morgan fingerprint density at radius 3 is 2.55 bits per heavy atom. The molecule has 0 radical (unpaired) electrons. The SMILES string of the molecule is C=C(C)S(=O)(=O)NC1CCOc2ccc(C(=O)N(C)C3CCN(c4ccncc4)CC3)cc21. The second-order valence-electron chi connectivity index (χ2n) is 8.61. The summed E-state index contributed by atoms with van der Waals surface area (Å²) in [5, 5.41) is 0. The molecule has 4 rings (SSSR count). The lowest BCUT2D eigenvalue weighted by Crippen LogP contribution is -2.45. The van der Waals surface area contributed by atoms with E-state index in [0.29, 0.717) is 29.9 Å². The van der Waals surface area contributed by atoms with Crippen LogP contribution in [-0.4, -0.2) is 57.0 Å². The van der Waals surface area contributed by atoms with E-state index in [-0.39, 0.29) is 16.9 Å². The van der Waals surface area contributed by atoms with Crippen LogP contribution in [-0.2, 0) is 10.0 Å². The Kier molecular flexibility index (Phi) is 6.71. The zero-order valence-electron chi connectivity index (χ0n) is 19.0. The van der Waals surface area contributed by atoms with Gasteiger partial charge in [-0.3, -0.25) is 9.78 Å². The van der Waals surface area contributed by atoms with Gasteiger partial charge in [-0.25, -0.2) is 13.1 Å². The molecule has 2 aromatic rings. The van der Waals surface area contributed by atoms with Crippen molar-refractivity contribution in [2.45, 2.75) is 38.3 Å². The molecule has 176 valence electrons. The van der Waals surface area contributed by atoms with Gasteiger partial charge in [-0.2, -0.15) is 0 Å². The first-order valence-electron chi connectivity index (χ1n) is 11.1. The van der Waals surface area contributed by atoms with Gasteiger partial charge in [0.15, 0.2) is 0 Å². The highest BCUT2D eigenvalue weighted by Crippen LogP contribution is 2.34. The van der Waals surface area contributed by atoms with Gasteiger partial charge in [0.1, 0.15) is 5.75 Å². The van der Waals surface area contributed by atoms with Crippen LogP contribution in [0.1, 0.15) is 48.1 Å². The molecule has 8 nitrogen and oxygen atoms in total. The minimum Gasteiger partial charge on any atom is -0.493 e. The summed E-state index contributed by atoms with van der Waals surface area (Å²) in [4.78, 5) is 21.5. The van der Waals surface area contributed by atoms with Crippen LogP contribution in [0.4, 0.5) is 5.69 Å². The Bertz CT molecular complexity index is 1130. The number of anilines is 1. The van der Waals surface area contributed by atoms with E-state index >= 15 is 0 Å². The molecule has 1 fully saturated rings. The summed E-state index contributed by atoms with van der Waals surface area (Å²) in [6.45, 7) is 7.14. The Balaban J connectivity index is 1.46. The van der Waals surface area contributed by atoms with E-state index < -0.39 is 16.1 Å². The van der Waals surface area contributed by atoms with Crippen LogP contribution < -0.4 is 14.4 Å². The number of hydrogen-bond donors (Lipinski definition) is 1. The topological polar surface area (TPSA) is 91.8 Å². The number of sulfonamides is 1. The molecule has 33 heavy (non-hydrogen) atoms. The van der Waals surface area contributed by atoms with Crippen molar-refractivity contribution in [3.8, 4) is 5.75 Å². The second kappa shape index (κ2) is 9.52. The first-order chi connectivity index (χ1) is 15.8. The number of aromatic nitrogens is 1. The molecule has 0 aliphatic carbocycles. The molecule has 1 unspecified atom stereocenters. The standard InChI is InChI=1S/C24H30N4O4S/c1-17(2)33(30,31)26-22-10-15-32-23-5-4-18(16-21(22)23)24(29)27(3)19-8-13-28(14-9-19)20-6-11-25-12-7-20/h4-7,11-12,16,19,22,26H,1,8-10,13-15H2,2-3H3. The minimum atomic E-state index is -3.64. The number of fused-ring (bicyclic) bond motifs is 1. The fourth-order valence-electron chi connectivity index (χ4n) is 4.37. The highest BCUT2D eigenvalue weighted by molar-refractivity contribution is 7.93. The third-order valence-electron chi connectivity index (χ3n) is 6.41. The molecule has 1 aromatic heterocycles. The molecule has 1 aromatic carbocycles. The molecule has 0 bridgehead atoms. The molecule has 1 saturated heterocycles. The number of carbonyl (C=O) groups excluding carboxylic acids is 1. The summed E-state index contributed by atoms with van der Waals surface area (Å²) in [5.74, 6) is 0.521. The van der Waals surface area contributed by atoms with Crippen molar-refractivity contribution in [3.63, 3.8) is 0 Å². The number of nitrogens with one attached hydrogen (secondary N) is 1. The van der Waals surface area contributed by atoms with Gasteiger partial charge in [0, 0.05) is 66.7 Å². The van der Waals surface area contributed by atoms with Gasteiger partial charge in [-0.15, -0.1) is 0 Å². The summed E-state index contributed by atoms with van der Waals surface area (Å²) in [7, 11) is -1.80. The first-order valence-corrected chi connectivity index (χ1v) is 12.6. The van der Waals surface area contributed by atoms with Crippen LogP contribution in [0.3, 0.4) is 0 Å². The first kappa shape index (κ1) is 23.3. The predicted octanol–water partition coefficient (Wildman–Crippen LogP) is 3.10. The number of pyridine rings is 1. The average molecular weight is 471 g/mol. The number of hydrogen-bond acceptors (Lipinski definition) is 6. The Hall–Kier alpha value is -2.91. The van der Waals surface area contributed by atoms with E-state index in [4.69, 9.17) is 4.74 Å². The number of rotatable bonds is 6. The van der Waals surface area contributed by atoms with Crippen LogP contribution in [0, 0.1) is 0 Å². The van der Waals surface area contributed by atoms with Gasteiger partial charge >= 0.3 is 0 Å². The molecule has 1 amide bonds. The van der Waals surface area contributed by atoms with E-state index in [9.17, 15) is 13.2 Å². The number of piperidine rings is 1. The number of benzene rings is 1. The monoisotopic (exact) mass is 470 g/mol. The molecule has 1 N–H and O–H groups in total. The molecular weight excluding hydrogens is 440 g/mol. The average Bonchev–Trinajstić information content (AvgIpc) is 2.83. The van der Waals surface area contributed by atoms with E-state index in [0.717, 1.165) is 31.6 Å². The molecule has 1 atom stereocenters. The number of allylic oxidation sites excluding steroid dienone is 1. The predicted molar refractivity (Wildman–Crippen MR) is 128 cm³/mol. The van der Waals surface area contributed by atoms with Crippen molar-refractivity contribution in [2.24, 2.45) is 0 Å². The van der Waals surface area contributed by atoms with E-state index in [1.807, 2.05) is 24.1 Å². The Morgan fingerprint density at radius 2 is 1.88 bits per heavy atom. The van der Waals surface area contributed by atoms with Gasteiger partial charge < -0.3 is 14.5 Å². The fourth-order valence-corrected chi connectivity index (χ4v) is 5.19. The van der Waals surface area contributed by atoms with Crippen LogP contribution in [0.5, 0.6) is 5.75 Å². The molecule has 9 heteroatoms. The van der Waals surface area contributed by atoms with Crippen LogP contribution in [0.2, 0.25) is 0 Å². The molecule has 3 heterocycles. The van der Waals surface area contributed by atoms with Gasteiger partial charge in [0.25, 0.3) is 5.91 Å². The third kappa shape index (κ3) is 5.04. The van der Waals surface area contributed by atoms with E-state index in [2.05, 4.69) is 21.2 Å². The Morgan fingerprint density at radius 1 is 1.18 bits per heavy atom. The third-order valence-corrected chi connectivity index (χ3v) is 7.93. The number of amides is 1. The van der Waals surface area contributed by atoms with Gasteiger partial charge in [0.2, 0.25) is 10.0 Å². The van der Waals surface area contributed by atoms with E-state index in [1.54, 1.807) is 30.6 Å². The molecule has 0 saturated carbocycles. The highest BCUT2D eigenvalue weighted by Gasteiger charge is 2.30. The normalized spacial score (nSPS) is 18.8. The summed E-state index contributed by atoms with van der Waals surface area (Å²) >= 11 is 0. The lowest BCUT2D eigenvalue weighted by atomic mass is 9.97. The summed E-state index contributed by atoms with van der Waals surface area (Å²) in [5.41, 5.74) is 2.35. The number of carbonyl (C=O) groups is 1. The molecule has 2 aliphatic rings. The molecule has 0 spiro atoms. The zero-order valence-corrected chi connectivity index (χ0v) is 19.8. The summed E-state index contributed by atoms with van der Waals surface area (Å²) in [6, 6.07) is 8.94. The smallest absolute Gasteiger partial charge is 0.253 e. The maximum absolute atomic E-state index is 13.3.